The molecule has 4 nitrogen and oxygen atoms in total. The molecule has 2 aromatic carbocycles. The smallest absolute Gasteiger partial charge is 0.328 e. The van der Waals surface area contributed by atoms with Crippen LogP contribution in [0.1, 0.15) is 16.7 Å². The molecule has 0 unspecified atom stereocenters. The Balaban J connectivity index is 2.21. The highest BCUT2D eigenvalue weighted by molar-refractivity contribution is 5.85. The second-order valence-electron chi connectivity index (χ2n) is 4.44. The molecule has 2 rings (SSSR count). The Kier molecular flexibility index (Phi) is 4.37. The van der Waals surface area contributed by atoms with Crippen LogP contribution in [0.3, 0.4) is 0 Å². The summed E-state index contributed by atoms with van der Waals surface area (Å²) in [6.45, 7) is 1.88. The fraction of sp³-hybridized carbons (Fsp3) is 0.0588. The van der Waals surface area contributed by atoms with Crippen molar-refractivity contribution in [3.05, 3.63) is 65.2 Å². The molecule has 0 aliphatic heterocycles. The van der Waals surface area contributed by atoms with Gasteiger partial charge < -0.3 is 9.84 Å². The number of hydrogen-bond acceptors (Lipinski definition) is 3. The van der Waals surface area contributed by atoms with Crippen molar-refractivity contribution in [1.29, 1.82) is 5.26 Å². The predicted octanol–water partition coefficient (Wildman–Crippen LogP) is 3.76. The van der Waals surface area contributed by atoms with Crippen LogP contribution in [0.25, 0.3) is 6.08 Å². The lowest BCUT2D eigenvalue weighted by Crippen LogP contribution is -1.90. The highest BCUT2D eigenvalue weighted by Crippen LogP contribution is 2.26. The van der Waals surface area contributed by atoms with Gasteiger partial charge in [0.25, 0.3) is 0 Å². The van der Waals surface area contributed by atoms with Crippen molar-refractivity contribution in [1.82, 2.24) is 0 Å². The maximum absolute atomic E-state index is 10.5. The van der Waals surface area contributed by atoms with Crippen LogP contribution in [0.4, 0.5) is 0 Å². The summed E-state index contributed by atoms with van der Waals surface area (Å²) in [5.74, 6) is 0.268. The largest absolute Gasteiger partial charge is 0.478 e. The molecule has 0 saturated heterocycles. The van der Waals surface area contributed by atoms with Crippen molar-refractivity contribution in [3.63, 3.8) is 0 Å². The van der Waals surface area contributed by atoms with E-state index in [0.717, 1.165) is 17.2 Å². The average Bonchev–Trinajstić information content (AvgIpc) is 2.48. The van der Waals surface area contributed by atoms with E-state index in [2.05, 4.69) is 6.07 Å². The van der Waals surface area contributed by atoms with Crippen LogP contribution in [0, 0.1) is 18.3 Å². The number of nitrogens with zero attached hydrogens (tertiary/aromatic N) is 1. The molecule has 0 spiro atoms. The number of ether oxygens (including phenoxy) is 1. The standard InChI is InChI=1S/C17H13NO3/c1-12-9-13(6-8-17(19)20)5-7-16(12)21-15-4-2-3-14(10-15)11-18/h2-10H,1H3,(H,19,20). The molecule has 0 saturated carbocycles. The van der Waals surface area contributed by atoms with Crippen LogP contribution in [0.15, 0.2) is 48.5 Å². The zero-order valence-electron chi connectivity index (χ0n) is 11.4. The Bertz CT molecular complexity index is 742. The molecule has 0 aromatic heterocycles. The van der Waals surface area contributed by atoms with E-state index in [-0.39, 0.29) is 0 Å². The number of aliphatic carboxylic acids is 1. The van der Waals surface area contributed by atoms with Crippen LogP contribution < -0.4 is 4.74 Å². The van der Waals surface area contributed by atoms with Gasteiger partial charge in [0.15, 0.2) is 0 Å². The quantitative estimate of drug-likeness (QED) is 0.865. The van der Waals surface area contributed by atoms with Crippen molar-refractivity contribution in [3.8, 4) is 17.6 Å². The molecule has 21 heavy (non-hydrogen) atoms. The third kappa shape index (κ3) is 3.95. The van der Waals surface area contributed by atoms with E-state index >= 15 is 0 Å². The molecular formula is C17H13NO3. The number of carboxylic acids is 1. The van der Waals surface area contributed by atoms with Gasteiger partial charge in [-0.05, 0) is 54.5 Å². The summed E-state index contributed by atoms with van der Waals surface area (Å²) in [5, 5.41) is 17.5. The zero-order valence-corrected chi connectivity index (χ0v) is 11.4. The lowest BCUT2D eigenvalue weighted by atomic mass is 10.1. The van der Waals surface area contributed by atoms with Gasteiger partial charge in [0, 0.05) is 6.08 Å². The monoisotopic (exact) mass is 279 g/mol. The lowest BCUT2D eigenvalue weighted by Gasteiger charge is -2.09. The first-order valence-corrected chi connectivity index (χ1v) is 6.28. The number of carboxylic acid groups (broad SMARTS) is 1. The summed E-state index contributed by atoms with van der Waals surface area (Å²) in [7, 11) is 0. The van der Waals surface area contributed by atoms with E-state index in [9.17, 15) is 4.79 Å². The minimum Gasteiger partial charge on any atom is -0.478 e. The van der Waals surface area contributed by atoms with Crippen LogP contribution >= 0.6 is 0 Å². The molecule has 0 aliphatic carbocycles. The Morgan fingerprint density at radius 2 is 2.10 bits per heavy atom. The highest BCUT2D eigenvalue weighted by Gasteiger charge is 2.03. The Labute approximate surface area is 122 Å². The average molecular weight is 279 g/mol. The van der Waals surface area contributed by atoms with E-state index in [4.69, 9.17) is 15.1 Å². The summed E-state index contributed by atoms with van der Waals surface area (Å²) >= 11 is 0. The molecule has 0 heterocycles. The van der Waals surface area contributed by atoms with Crippen molar-refractivity contribution < 1.29 is 14.6 Å². The van der Waals surface area contributed by atoms with Gasteiger partial charge >= 0.3 is 5.97 Å². The fourth-order valence-corrected chi connectivity index (χ4v) is 1.81. The Hall–Kier alpha value is -3.06. The van der Waals surface area contributed by atoms with Gasteiger partial charge in [-0.2, -0.15) is 5.26 Å². The Morgan fingerprint density at radius 1 is 1.29 bits per heavy atom. The first-order valence-electron chi connectivity index (χ1n) is 6.28. The molecule has 0 atom stereocenters. The maximum Gasteiger partial charge on any atom is 0.328 e. The van der Waals surface area contributed by atoms with Gasteiger partial charge in [-0.15, -0.1) is 0 Å². The van der Waals surface area contributed by atoms with Gasteiger partial charge in [0.2, 0.25) is 0 Å². The molecule has 4 heteroatoms. The van der Waals surface area contributed by atoms with Gasteiger partial charge in [-0.1, -0.05) is 12.1 Å². The number of aryl methyl sites for hydroxylation is 1. The normalized spacial score (nSPS) is 10.3. The van der Waals surface area contributed by atoms with Crippen molar-refractivity contribution >= 4 is 12.0 Å². The van der Waals surface area contributed by atoms with Gasteiger partial charge in [-0.25, -0.2) is 4.79 Å². The summed E-state index contributed by atoms with van der Waals surface area (Å²) in [6.07, 6.45) is 2.61. The molecule has 1 N–H and O–H groups in total. The van der Waals surface area contributed by atoms with Crippen molar-refractivity contribution in [2.75, 3.05) is 0 Å². The molecule has 0 bridgehead atoms. The summed E-state index contributed by atoms with van der Waals surface area (Å²) in [5.41, 5.74) is 2.20. The third-order valence-electron chi connectivity index (χ3n) is 2.81. The van der Waals surface area contributed by atoms with E-state index in [1.165, 1.54) is 6.08 Å². The molecule has 0 amide bonds. The third-order valence-corrected chi connectivity index (χ3v) is 2.81. The molecule has 0 radical (unpaired) electrons. The minimum absolute atomic E-state index is 0.533. The first-order chi connectivity index (χ1) is 10.1. The molecule has 0 fully saturated rings. The fourth-order valence-electron chi connectivity index (χ4n) is 1.81. The van der Waals surface area contributed by atoms with Crippen LogP contribution in [0.5, 0.6) is 11.5 Å². The van der Waals surface area contributed by atoms with Crippen LogP contribution in [0.2, 0.25) is 0 Å². The highest BCUT2D eigenvalue weighted by atomic mass is 16.5. The number of nitriles is 1. The van der Waals surface area contributed by atoms with E-state index in [1.807, 2.05) is 13.0 Å². The van der Waals surface area contributed by atoms with E-state index in [0.29, 0.717) is 17.1 Å². The summed E-state index contributed by atoms with van der Waals surface area (Å²) in [4.78, 5) is 10.5. The second-order valence-corrected chi connectivity index (χ2v) is 4.44. The van der Waals surface area contributed by atoms with Crippen LogP contribution in [-0.4, -0.2) is 11.1 Å². The Morgan fingerprint density at radius 3 is 2.76 bits per heavy atom. The molecule has 2 aromatic rings. The summed E-state index contributed by atoms with van der Waals surface area (Å²) < 4.78 is 5.74. The van der Waals surface area contributed by atoms with Crippen molar-refractivity contribution in [2.45, 2.75) is 6.92 Å². The lowest BCUT2D eigenvalue weighted by molar-refractivity contribution is -0.131. The van der Waals surface area contributed by atoms with Crippen molar-refractivity contribution in [2.24, 2.45) is 0 Å². The number of carbonyl (C=O) groups is 1. The van der Waals surface area contributed by atoms with Gasteiger partial charge in [-0.3, -0.25) is 0 Å². The number of hydrogen-bond donors (Lipinski definition) is 1. The molecule has 104 valence electrons. The van der Waals surface area contributed by atoms with Crippen LogP contribution in [-0.2, 0) is 4.79 Å². The SMILES string of the molecule is Cc1cc(C=CC(=O)O)ccc1Oc1cccc(C#N)c1. The van der Waals surface area contributed by atoms with Gasteiger partial charge in [0.05, 0.1) is 11.6 Å². The molecular weight excluding hydrogens is 266 g/mol. The first kappa shape index (κ1) is 14.4. The maximum atomic E-state index is 10.5. The number of benzene rings is 2. The number of rotatable bonds is 4. The molecule has 0 aliphatic rings. The zero-order chi connectivity index (χ0) is 15.2. The minimum atomic E-state index is -0.985. The topological polar surface area (TPSA) is 70.3 Å². The van der Waals surface area contributed by atoms with E-state index in [1.54, 1.807) is 36.4 Å². The van der Waals surface area contributed by atoms with E-state index < -0.39 is 5.97 Å². The second kappa shape index (κ2) is 6.40. The van der Waals surface area contributed by atoms with Gasteiger partial charge in [0.1, 0.15) is 11.5 Å². The predicted molar refractivity (Wildman–Crippen MR) is 79.1 cm³/mol. The summed E-state index contributed by atoms with van der Waals surface area (Å²) in [6, 6.07) is 14.3.